The van der Waals surface area contributed by atoms with Gasteiger partial charge in [0.25, 0.3) is 0 Å². The van der Waals surface area contributed by atoms with Gasteiger partial charge in [-0.2, -0.15) is 0 Å². The maximum atomic E-state index is 12.0. The van der Waals surface area contributed by atoms with Crippen molar-refractivity contribution in [2.45, 2.75) is 16.8 Å². The van der Waals surface area contributed by atoms with Crippen molar-refractivity contribution in [3.05, 3.63) is 89.2 Å². The Morgan fingerprint density at radius 1 is 1.12 bits per heavy atom. The van der Waals surface area contributed by atoms with E-state index in [4.69, 9.17) is 9.47 Å². The smallest absolute Gasteiger partial charge is 0.337 e. The highest BCUT2D eigenvalue weighted by molar-refractivity contribution is 7.99. The lowest BCUT2D eigenvalue weighted by molar-refractivity contribution is 0.0600. The van der Waals surface area contributed by atoms with E-state index in [2.05, 4.69) is 17.1 Å². The predicted molar refractivity (Wildman–Crippen MR) is 100 cm³/mol. The molecule has 0 radical (unpaired) electrons. The first-order valence-electron chi connectivity index (χ1n) is 8.26. The Balaban J connectivity index is 1.85. The molecular formula is C21H17NO3S. The summed E-state index contributed by atoms with van der Waals surface area (Å²) in [6.45, 7) is 0.508. The molecule has 1 atom stereocenters. The third-order valence-electron chi connectivity index (χ3n) is 4.34. The summed E-state index contributed by atoms with van der Waals surface area (Å²) in [7, 11) is 1.39. The Morgan fingerprint density at radius 3 is 2.73 bits per heavy atom. The van der Waals surface area contributed by atoms with Gasteiger partial charge in [0, 0.05) is 22.9 Å². The van der Waals surface area contributed by atoms with Crippen LogP contribution in [-0.2, 0) is 11.3 Å². The van der Waals surface area contributed by atoms with Gasteiger partial charge in [-0.25, -0.2) is 4.79 Å². The molecule has 3 aromatic rings. The number of thioether (sulfide) groups is 1. The van der Waals surface area contributed by atoms with Crippen LogP contribution in [0.5, 0.6) is 5.75 Å². The zero-order valence-electron chi connectivity index (χ0n) is 14.2. The molecule has 4 nitrogen and oxygen atoms in total. The van der Waals surface area contributed by atoms with Crippen LogP contribution in [-0.4, -0.2) is 18.1 Å². The predicted octanol–water partition coefficient (Wildman–Crippen LogP) is 4.64. The highest BCUT2D eigenvalue weighted by atomic mass is 32.2. The van der Waals surface area contributed by atoms with E-state index in [0.29, 0.717) is 12.2 Å². The van der Waals surface area contributed by atoms with E-state index in [1.165, 1.54) is 12.7 Å². The summed E-state index contributed by atoms with van der Waals surface area (Å²) in [5.41, 5.74) is 3.83. The molecule has 1 unspecified atom stereocenters. The molecule has 0 N–H and O–H groups in total. The molecule has 1 aliphatic rings. The van der Waals surface area contributed by atoms with Crippen molar-refractivity contribution in [2.24, 2.45) is 0 Å². The van der Waals surface area contributed by atoms with Crippen LogP contribution in [0.3, 0.4) is 0 Å². The van der Waals surface area contributed by atoms with Crippen molar-refractivity contribution in [2.75, 3.05) is 7.11 Å². The van der Waals surface area contributed by atoms with E-state index in [0.717, 1.165) is 21.8 Å². The number of esters is 1. The van der Waals surface area contributed by atoms with Gasteiger partial charge >= 0.3 is 5.97 Å². The molecule has 5 heteroatoms. The number of carbonyl (C=O) groups excluding carboxylic acids is 1. The highest BCUT2D eigenvalue weighted by Gasteiger charge is 2.26. The van der Waals surface area contributed by atoms with Crippen LogP contribution in [0.25, 0.3) is 0 Å². The van der Waals surface area contributed by atoms with Crippen molar-refractivity contribution in [1.82, 2.24) is 4.98 Å². The largest absolute Gasteiger partial charge is 0.489 e. The molecule has 1 aromatic heterocycles. The summed E-state index contributed by atoms with van der Waals surface area (Å²) < 4.78 is 10.9. The lowest BCUT2D eigenvalue weighted by Gasteiger charge is -2.19. The van der Waals surface area contributed by atoms with Crippen LogP contribution < -0.4 is 4.74 Å². The number of aromatic nitrogens is 1. The number of hydrogen-bond donors (Lipinski definition) is 0. The van der Waals surface area contributed by atoms with Crippen LogP contribution in [0.1, 0.15) is 32.3 Å². The summed E-state index contributed by atoms with van der Waals surface area (Å²) in [6.07, 6.45) is 3.57. The van der Waals surface area contributed by atoms with Gasteiger partial charge in [-0.1, -0.05) is 24.3 Å². The first kappa shape index (κ1) is 16.7. The molecule has 130 valence electrons. The third-order valence-corrected chi connectivity index (χ3v) is 5.63. The van der Waals surface area contributed by atoms with Gasteiger partial charge in [0.1, 0.15) is 12.4 Å². The fraction of sp³-hybridized carbons (Fsp3) is 0.143. The maximum absolute atomic E-state index is 12.0. The molecule has 26 heavy (non-hydrogen) atoms. The quantitative estimate of drug-likeness (QED) is 0.634. The Hall–Kier alpha value is -2.79. The molecule has 1 aliphatic heterocycles. The van der Waals surface area contributed by atoms with Crippen molar-refractivity contribution in [3.63, 3.8) is 0 Å². The number of benzene rings is 2. The molecule has 0 saturated heterocycles. The van der Waals surface area contributed by atoms with Crippen LogP contribution in [0, 0.1) is 0 Å². The van der Waals surface area contributed by atoms with Gasteiger partial charge in [0.2, 0.25) is 0 Å². The van der Waals surface area contributed by atoms with Gasteiger partial charge in [-0.05, 0) is 41.5 Å². The summed E-state index contributed by atoms with van der Waals surface area (Å²) >= 11 is 1.72. The molecule has 0 fully saturated rings. The van der Waals surface area contributed by atoms with E-state index in [1.807, 2.05) is 36.4 Å². The Labute approximate surface area is 156 Å². The number of ether oxygens (including phenoxy) is 2. The Morgan fingerprint density at radius 2 is 1.92 bits per heavy atom. The SMILES string of the molecule is COC(=O)c1ccc2c(c1)C(Sc1ccncc1)c1ccccc1CO2. The second-order valence-electron chi connectivity index (χ2n) is 5.91. The second kappa shape index (κ2) is 7.22. The second-order valence-corrected chi connectivity index (χ2v) is 7.09. The summed E-state index contributed by atoms with van der Waals surface area (Å²) in [6, 6.07) is 17.7. The van der Waals surface area contributed by atoms with Gasteiger partial charge in [0.15, 0.2) is 0 Å². The summed E-state index contributed by atoms with van der Waals surface area (Å²) in [5.74, 6) is 0.443. The lowest BCUT2D eigenvalue weighted by atomic mass is 9.98. The van der Waals surface area contributed by atoms with E-state index < -0.39 is 0 Å². The number of methoxy groups -OCH3 is 1. The standard InChI is InChI=1S/C21H17NO3S/c1-24-21(23)14-6-7-19-18(12-14)20(26-16-8-10-22-11-9-16)17-5-3-2-4-15(17)13-25-19/h2-12,20H,13H2,1H3. The van der Waals surface area contributed by atoms with Gasteiger partial charge in [-0.15, -0.1) is 11.8 Å². The molecule has 2 aromatic carbocycles. The maximum Gasteiger partial charge on any atom is 0.337 e. The van der Waals surface area contributed by atoms with Gasteiger partial charge < -0.3 is 9.47 Å². The fourth-order valence-corrected chi connectivity index (χ4v) is 4.27. The molecule has 0 saturated carbocycles. The average Bonchev–Trinajstić information content (AvgIpc) is 2.85. The van der Waals surface area contributed by atoms with Crippen LogP contribution in [0.15, 0.2) is 71.9 Å². The van der Waals surface area contributed by atoms with E-state index >= 15 is 0 Å². The minimum absolute atomic E-state index is 0.00991. The van der Waals surface area contributed by atoms with E-state index in [9.17, 15) is 4.79 Å². The molecule has 0 aliphatic carbocycles. The monoisotopic (exact) mass is 363 g/mol. The molecular weight excluding hydrogens is 346 g/mol. The van der Waals surface area contributed by atoms with Crippen molar-refractivity contribution < 1.29 is 14.3 Å². The normalized spacial score (nSPS) is 15.2. The number of carbonyl (C=O) groups is 1. The average molecular weight is 363 g/mol. The number of nitrogens with zero attached hydrogens (tertiary/aromatic N) is 1. The molecule has 0 bridgehead atoms. The summed E-state index contributed by atoms with van der Waals surface area (Å²) in [4.78, 5) is 17.2. The van der Waals surface area contributed by atoms with Crippen LogP contribution in [0.2, 0.25) is 0 Å². The van der Waals surface area contributed by atoms with Gasteiger partial charge in [0.05, 0.1) is 17.9 Å². The highest BCUT2D eigenvalue weighted by Crippen LogP contribution is 2.47. The van der Waals surface area contributed by atoms with E-state index in [-0.39, 0.29) is 11.2 Å². The number of pyridine rings is 1. The minimum atomic E-state index is -0.349. The molecule has 0 amide bonds. The number of fused-ring (bicyclic) bond motifs is 2. The van der Waals surface area contributed by atoms with Crippen molar-refractivity contribution in [1.29, 1.82) is 0 Å². The first-order valence-corrected chi connectivity index (χ1v) is 9.14. The summed E-state index contributed by atoms with van der Waals surface area (Å²) in [5, 5.41) is 0.00991. The zero-order valence-corrected chi connectivity index (χ0v) is 15.0. The number of rotatable bonds is 3. The van der Waals surface area contributed by atoms with Gasteiger partial charge in [-0.3, -0.25) is 4.98 Å². The number of hydrogen-bond acceptors (Lipinski definition) is 5. The Kier molecular flexibility index (Phi) is 4.63. The Bertz CT molecular complexity index is 943. The van der Waals surface area contributed by atoms with Crippen molar-refractivity contribution >= 4 is 17.7 Å². The molecule has 2 heterocycles. The van der Waals surface area contributed by atoms with Crippen LogP contribution >= 0.6 is 11.8 Å². The van der Waals surface area contributed by atoms with Crippen LogP contribution in [0.4, 0.5) is 0 Å². The zero-order chi connectivity index (χ0) is 17.9. The minimum Gasteiger partial charge on any atom is -0.489 e. The fourth-order valence-electron chi connectivity index (χ4n) is 3.05. The molecule has 4 rings (SSSR count). The third kappa shape index (κ3) is 3.18. The molecule has 0 spiro atoms. The van der Waals surface area contributed by atoms with E-state index in [1.54, 1.807) is 30.2 Å². The topological polar surface area (TPSA) is 48.4 Å². The lowest BCUT2D eigenvalue weighted by Crippen LogP contribution is -2.04. The van der Waals surface area contributed by atoms with Crippen molar-refractivity contribution in [3.8, 4) is 5.75 Å². The first-order chi connectivity index (χ1) is 12.8.